The Kier molecular flexibility index (Phi) is 15.4. The molecule has 5 aliphatic rings. The maximum Gasteiger partial charge on any atom is 0.272 e. The number of likely N-dealkylation sites (tertiary alicyclic amines) is 2. The van der Waals surface area contributed by atoms with Crippen LogP contribution in [0.15, 0.2) is 84.0 Å². The van der Waals surface area contributed by atoms with Crippen LogP contribution in [0.4, 0.5) is 4.39 Å². The largest absolute Gasteiger partial charge is 0.351 e. The number of piperazine rings is 2. The smallest absolute Gasteiger partial charge is 0.272 e. The van der Waals surface area contributed by atoms with Crippen molar-refractivity contribution in [2.75, 3.05) is 111 Å². The van der Waals surface area contributed by atoms with E-state index < -0.39 is 11.7 Å². The summed E-state index contributed by atoms with van der Waals surface area (Å²) < 4.78 is 15.1. The highest BCUT2D eigenvalue weighted by molar-refractivity contribution is 5.95. The number of H-pyrrole nitrogens is 1. The summed E-state index contributed by atoms with van der Waals surface area (Å²) in [7, 11) is 0. The summed E-state index contributed by atoms with van der Waals surface area (Å²) in [6.45, 7) is 12.9. The first-order valence-electron chi connectivity index (χ1n) is 25.7. The Hall–Kier alpha value is -6.47. The average molecular weight is 981 g/mol. The molecule has 2 N–H and O–H groups in total. The highest BCUT2D eigenvalue weighted by atomic mass is 19.1. The molecule has 2 aromatic heterocycles. The summed E-state index contributed by atoms with van der Waals surface area (Å²) in [5, 5.41) is 11.2. The topological polar surface area (TPSA) is 175 Å². The minimum absolute atomic E-state index is 0.0132. The second-order valence-corrected chi connectivity index (χ2v) is 20.3. The number of piperidine rings is 2. The summed E-state index contributed by atoms with van der Waals surface area (Å²) in [5.41, 5.74) is 4.90. The third-order valence-corrected chi connectivity index (χ3v) is 15.5. The van der Waals surface area contributed by atoms with Gasteiger partial charge in [-0.15, -0.1) is 0 Å². The number of hydrogen-bond acceptors (Lipinski definition) is 12. The number of halogens is 1. The molecule has 0 aliphatic carbocycles. The van der Waals surface area contributed by atoms with Gasteiger partial charge in [0.05, 0.1) is 35.4 Å². The first-order valence-corrected chi connectivity index (χ1v) is 25.7. The van der Waals surface area contributed by atoms with Crippen molar-refractivity contribution in [2.45, 2.75) is 51.1 Å². The van der Waals surface area contributed by atoms with Crippen LogP contribution in [0.25, 0.3) is 10.8 Å². The first-order chi connectivity index (χ1) is 35.1. The maximum absolute atomic E-state index is 15.1. The van der Waals surface area contributed by atoms with E-state index in [0.717, 1.165) is 101 Å². The Morgan fingerprint density at radius 3 is 2.28 bits per heavy atom. The Balaban J connectivity index is 0.598. The van der Waals surface area contributed by atoms with Gasteiger partial charge in [-0.1, -0.05) is 36.4 Å². The second-order valence-electron chi connectivity index (χ2n) is 20.3. The summed E-state index contributed by atoms with van der Waals surface area (Å²) in [4.78, 5) is 89.1. The van der Waals surface area contributed by atoms with E-state index in [-0.39, 0.29) is 34.8 Å². The molecular weight excluding hydrogens is 916 g/mol. The molecule has 18 heteroatoms. The summed E-state index contributed by atoms with van der Waals surface area (Å²) in [6.07, 6.45) is 7.88. The van der Waals surface area contributed by atoms with Crippen LogP contribution in [0.5, 0.6) is 0 Å². The molecule has 0 radical (unpaired) electrons. The molecule has 0 unspecified atom stereocenters. The predicted octanol–water partition coefficient (Wildman–Crippen LogP) is 3.21. The summed E-state index contributed by atoms with van der Waals surface area (Å²) in [6, 6.07) is 19.6. The quantitative estimate of drug-likeness (QED) is 0.167. The van der Waals surface area contributed by atoms with E-state index >= 15 is 4.39 Å². The van der Waals surface area contributed by atoms with Gasteiger partial charge in [0.1, 0.15) is 12.1 Å². The van der Waals surface area contributed by atoms with Crippen molar-refractivity contribution in [1.82, 2.24) is 59.8 Å². The van der Waals surface area contributed by atoms with Gasteiger partial charge in [-0.05, 0) is 86.1 Å². The molecule has 378 valence electrons. The molecule has 5 aromatic rings. The van der Waals surface area contributed by atoms with E-state index in [1.54, 1.807) is 35.5 Å². The van der Waals surface area contributed by atoms with Crippen molar-refractivity contribution in [3.63, 3.8) is 0 Å². The Bertz CT molecular complexity index is 2800. The van der Waals surface area contributed by atoms with Gasteiger partial charge in [-0.3, -0.25) is 33.8 Å². The van der Waals surface area contributed by atoms with Gasteiger partial charge in [-0.2, -0.15) is 5.10 Å². The van der Waals surface area contributed by atoms with Crippen LogP contribution in [-0.2, 0) is 29.1 Å². The van der Waals surface area contributed by atoms with Crippen LogP contribution >= 0.6 is 0 Å². The number of amides is 4. The van der Waals surface area contributed by atoms with Crippen molar-refractivity contribution < 1.29 is 23.6 Å². The Labute approximate surface area is 419 Å². The fourth-order valence-electron chi connectivity index (χ4n) is 11.3. The second kappa shape index (κ2) is 22.5. The first kappa shape index (κ1) is 49.1. The third kappa shape index (κ3) is 11.7. The van der Waals surface area contributed by atoms with Gasteiger partial charge in [0, 0.05) is 133 Å². The van der Waals surface area contributed by atoms with E-state index in [4.69, 9.17) is 0 Å². The Morgan fingerprint density at radius 1 is 0.722 bits per heavy atom. The standard InChI is InChI=1S/C54H65FN12O5/c55-47-11-10-39(28-48-44-8-1-2-9-45(44)53(71)60-59-48)27-46(47)54(72)66-25-23-65(24-26-66)50(68)35-63-21-19-62(20-22-63)31-38-12-16-61(17-13-38)18-14-57-52(70)41-6-3-5-40(29-41)42-7-4-15-67(33-42)51(69)36-64-32-43-30-56-37-58-49(43)34-64/h1-3,5-6,8-11,27,29-30,37-38,42H,4,7,12-26,28,31-36H2,(H,57,70)(H,60,71)/t42-/m0/s1. The molecule has 4 saturated heterocycles. The molecular formula is C54H65FN12O5. The zero-order valence-electron chi connectivity index (χ0n) is 41.0. The highest BCUT2D eigenvalue weighted by Crippen LogP contribution is 2.29. The maximum atomic E-state index is 15.1. The van der Waals surface area contributed by atoms with E-state index in [1.807, 2.05) is 46.3 Å². The molecule has 0 saturated carbocycles. The molecule has 72 heavy (non-hydrogen) atoms. The van der Waals surface area contributed by atoms with E-state index in [1.165, 1.54) is 6.07 Å². The lowest BCUT2D eigenvalue weighted by molar-refractivity contribution is -0.134. The van der Waals surface area contributed by atoms with E-state index in [0.29, 0.717) is 105 Å². The number of fused-ring (bicyclic) bond motifs is 2. The lowest BCUT2D eigenvalue weighted by Gasteiger charge is -2.40. The lowest BCUT2D eigenvalue weighted by Crippen LogP contribution is -2.55. The highest BCUT2D eigenvalue weighted by Gasteiger charge is 2.31. The molecule has 5 aliphatic heterocycles. The number of rotatable bonds is 14. The van der Waals surface area contributed by atoms with Crippen LogP contribution in [0.2, 0.25) is 0 Å². The molecule has 0 spiro atoms. The van der Waals surface area contributed by atoms with Crippen LogP contribution in [0.3, 0.4) is 0 Å². The molecule has 4 fully saturated rings. The normalized spacial score (nSPS) is 19.7. The number of hydrogen-bond donors (Lipinski definition) is 2. The van der Waals surface area contributed by atoms with Crippen molar-refractivity contribution in [2.24, 2.45) is 5.92 Å². The van der Waals surface area contributed by atoms with Crippen molar-refractivity contribution >= 4 is 34.4 Å². The summed E-state index contributed by atoms with van der Waals surface area (Å²) in [5.74, 6) is -0.0538. The fourth-order valence-corrected chi connectivity index (χ4v) is 11.3. The van der Waals surface area contributed by atoms with Gasteiger partial charge in [0.15, 0.2) is 0 Å². The zero-order valence-corrected chi connectivity index (χ0v) is 41.0. The monoisotopic (exact) mass is 981 g/mol. The van der Waals surface area contributed by atoms with Crippen LogP contribution in [0, 0.1) is 11.7 Å². The minimum atomic E-state index is -0.597. The molecule has 7 heterocycles. The van der Waals surface area contributed by atoms with Crippen molar-refractivity contribution in [3.8, 4) is 0 Å². The molecule has 17 nitrogen and oxygen atoms in total. The van der Waals surface area contributed by atoms with Gasteiger partial charge in [0.2, 0.25) is 11.8 Å². The third-order valence-electron chi connectivity index (χ3n) is 15.5. The zero-order chi connectivity index (χ0) is 49.6. The van der Waals surface area contributed by atoms with Crippen LogP contribution in [0.1, 0.15) is 80.4 Å². The Morgan fingerprint density at radius 2 is 1.47 bits per heavy atom. The molecule has 3 aromatic carbocycles. The van der Waals surface area contributed by atoms with Gasteiger partial charge in [0.25, 0.3) is 17.4 Å². The molecule has 4 amide bonds. The summed E-state index contributed by atoms with van der Waals surface area (Å²) >= 11 is 0. The number of nitrogens with zero attached hydrogens (tertiary/aromatic N) is 10. The number of aromatic nitrogens is 4. The van der Waals surface area contributed by atoms with Gasteiger partial charge in [-0.25, -0.2) is 19.5 Å². The van der Waals surface area contributed by atoms with E-state index in [2.05, 4.69) is 51.1 Å². The predicted molar refractivity (Wildman–Crippen MR) is 270 cm³/mol. The van der Waals surface area contributed by atoms with Crippen molar-refractivity contribution in [1.29, 1.82) is 0 Å². The number of aromatic amines is 1. The number of nitrogens with one attached hydrogen (secondary N) is 2. The van der Waals surface area contributed by atoms with E-state index in [9.17, 15) is 24.0 Å². The minimum Gasteiger partial charge on any atom is -0.351 e. The number of carbonyl (C=O) groups excluding carboxylic acids is 4. The van der Waals surface area contributed by atoms with Gasteiger partial charge < -0.3 is 29.8 Å². The number of benzene rings is 3. The molecule has 1 atom stereocenters. The van der Waals surface area contributed by atoms with Gasteiger partial charge >= 0.3 is 0 Å². The average Bonchev–Trinajstić information content (AvgIpc) is 3.83. The molecule has 0 bridgehead atoms. The van der Waals surface area contributed by atoms with Crippen LogP contribution in [-0.4, -0.2) is 189 Å². The number of carbonyl (C=O) groups is 4. The SMILES string of the molecule is O=C(NCCN1CCC(CN2CCN(CC(=O)N3CCN(C(=O)c4cc(Cc5n[nH]c(=O)c6ccccc56)ccc4F)CC3)CC2)CC1)c1cccc([C@H]2CCCN(C(=O)CN3Cc4cncnc4C3)C2)c1. The molecule has 10 rings (SSSR count). The van der Waals surface area contributed by atoms with Crippen LogP contribution < -0.4 is 10.9 Å². The van der Waals surface area contributed by atoms with Crippen molar-refractivity contribution in [3.05, 3.63) is 135 Å². The lowest BCUT2D eigenvalue weighted by atomic mass is 9.89. The fraction of sp³-hybridized carbons (Fsp3) is 0.481.